The molecule has 174 valence electrons. The van der Waals surface area contributed by atoms with E-state index in [0.717, 1.165) is 43.7 Å². The molecule has 9 nitrogen and oxygen atoms in total. The number of carbonyl (C=O) groups excluding carboxylic acids is 1. The lowest BCUT2D eigenvalue weighted by molar-refractivity contribution is -0.107. The van der Waals surface area contributed by atoms with E-state index in [1.165, 1.54) is 5.56 Å². The second kappa shape index (κ2) is 14.9. The zero-order valence-electron chi connectivity index (χ0n) is 19.2. The van der Waals surface area contributed by atoms with E-state index in [4.69, 9.17) is 5.73 Å². The van der Waals surface area contributed by atoms with Crippen molar-refractivity contribution in [1.82, 2.24) is 29.5 Å². The van der Waals surface area contributed by atoms with Gasteiger partial charge < -0.3 is 15.8 Å². The summed E-state index contributed by atoms with van der Waals surface area (Å²) in [5.74, 6) is 1.49. The van der Waals surface area contributed by atoms with Gasteiger partial charge in [-0.15, -0.1) is 0 Å². The Morgan fingerprint density at radius 3 is 1.82 bits per heavy atom. The summed E-state index contributed by atoms with van der Waals surface area (Å²) in [7, 11) is 0. The molecule has 4 aromatic rings. The molecule has 0 amide bonds. The standard InChI is InChI=1S/C12H16N4.C9H10N4.C3H6O/c1-2-6-14-12-5-9-16(15-12)10-11-3-7-13-8-4-11;10-9-3-6-13(12-9)7-8-1-4-11-5-2-8;1-2-3-4/h3-5,7-9H,2,6,10H2,1H3,(H,14,15);1-6H,7H2,(H2,10,12);3H,2H2,1H3. The monoisotopic (exact) mass is 448 g/mol. The van der Waals surface area contributed by atoms with Crippen molar-refractivity contribution in [1.29, 1.82) is 0 Å². The first-order valence-electron chi connectivity index (χ1n) is 10.9. The van der Waals surface area contributed by atoms with Gasteiger partial charge in [0, 0.05) is 56.2 Å². The molecule has 0 fully saturated rings. The molecule has 4 aromatic heterocycles. The Hall–Kier alpha value is -4.01. The maximum absolute atomic E-state index is 9.17. The smallest absolute Gasteiger partial charge is 0.147 e. The first kappa shape index (κ1) is 25.3. The number of pyridine rings is 2. The first-order valence-corrected chi connectivity index (χ1v) is 10.9. The van der Waals surface area contributed by atoms with Crippen molar-refractivity contribution >= 4 is 17.9 Å². The highest BCUT2D eigenvalue weighted by Crippen LogP contribution is 2.05. The predicted molar refractivity (Wildman–Crippen MR) is 131 cm³/mol. The summed E-state index contributed by atoms with van der Waals surface area (Å²) in [6.07, 6.45) is 13.6. The zero-order valence-corrected chi connectivity index (χ0v) is 19.2. The molecule has 0 aliphatic rings. The van der Waals surface area contributed by atoms with Crippen LogP contribution in [0.2, 0.25) is 0 Å². The van der Waals surface area contributed by atoms with E-state index in [0.29, 0.717) is 12.2 Å². The first-order chi connectivity index (χ1) is 16.1. The van der Waals surface area contributed by atoms with Gasteiger partial charge in [0.25, 0.3) is 0 Å². The largest absolute Gasteiger partial charge is 0.382 e. The number of nitrogens with one attached hydrogen (secondary N) is 1. The molecule has 0 atom stereocenters. The topological polar surface area (TPSA) is 117 Å². The predicted octanol–water partition coefficient (Wildman–Crippen LogP) is 3.65. The van der Waals surface area contributed by atoms with E-state index in [-0.39, 0.29) is 0 Å². The minimum Gasteiger partial charge on any atom is -0.382 e. The Balaban J connectivity index is 0.000000204. The van der Waals surface area contributed by atoms with Gasteiger partial charge in [-0.05, 0) is 47.9 Å². The van der Waals surface area contributed by atoms with Gasteiger partial charge in [0.05, 0.1) is 13.1 Å². The SMILES string of the molecule is CCC=O.CCCNc1ccn(Cc2ccncc2)n1.Nc1ccn(Cc2ccncc2)n1. The molecular weight excluding hydrogens is 416 g/mol. The van der Waals surface area contributed by atoms with E-state index >= 15 is 0 Å². The molecular formula is C24H32N8O. The lowest BCUT2D eigenvalue weighted by Crippen LogP contribution is -2.04. The van der Waals surface area contributed by atoms with Crippen LogP contribution in [0.4, 0.5) is 11.6 Å². The molecule has 3 N–H and O–H groups in total. The molecule has 9 heteroatoms. The summed E-state index contributed by atoms with van der Waals surface area (Å²) >= 11 is 0. The Bertz CT molecular complexity index is 1030. The number of nitrogens with zero attached hydrogens (tertiary/aromatic N) is 6. The van der Waals surface area contributed by atoms with Crippen LogP contribution in [-0.4, -0.2) is 42.4 Å². The van der Waals surface area contributed by atoms with Gasteiger partial charge in [0.15, 0.2) is 0 Å². The van der Waals surface area contributed by atoms with Crippen LogP contribution in [0.3, 0.4) is 0 Å². The molecule has 0 bridgehead atoms. The fourth-order valence-electron chi connectivity index (χ4n) is 2.61. The van der Waals surface area contributed by atoms with E-state index in [2.05, 4.69) is 32.4 Å². The lowest BCUT2D eigenvalue weighted by Gasteiger charge is -2.01. The molecule has 0 aliphatic carbocycles. The molecule has 0 saturated carbocycles. The molecule has 4 heterocycles. The van der Waals surface area contributed by atoms with Gasteiger partial charge in [-0.25, -0.2) is 0 Å². The summed E-state index contributed by atoms with van der Waals surface area (Å²) in [5, 5.41) is 11.8. The number of aromatic nitrogens is 6. The number of rotatable bonds is 8. The Morgan fingerprint density at radius 2 is 1.36 bits per heavy atom. The van der Waals surface area contributed by atoms with Gasteiger partial charge in [-0.1, -0.05) is 13.8 Å². The fourth-order valence-corrected chi connectivity index (χ4v) is 2.61. The van der Waals surface area contributed by atoms with Crippen LogP contribution in [0.1, 0.15) is 37.8 Å². The van der Waals surface area contributed by atoms with Gasteiger partial charge in [-0.2, -0.15) is 10.2 Å². The number of hydrogen-bond donors (Lipinski definition) is 2. The lowest BCUT2D eigenvalue weighted by atomic mass is 10.3. The highest BCUT2D eigenvalue weighted by Gasteiger charge is 1.98. The van der Waals surface area contributed by atoms with E-state index in [9.17, 15) is 4.79 Å². The van der Waals surface area contributed by atoms with Crippen LogP contribution in [-0.2, 0) is 17.9 Å². The van der Waals surface area contributed by atoms with Gasteiger partial charge in [0.1, 0.15) is 17.9 Å². The van der Waals surface area contributed by atoms with E-state index in [1.54, 1.807) is 35.5 Å². The number of hydrogen-bond acceptors (Lipinski definition) is 7. The summed E-state index contributed by atoms with van der Waals surface area (Å²) in [6, 6.07) is 11.7. The van der Waals surface area contributed by atoms with Crippen LogP contribution in [0, 0.1) is 0 Å². The number of nitrogen functional groups attached to an aromatic ring is 1. The molecule has 0 saturated heterocycles. The maximum Gasteiger partial charge on any atom is 0.147 e. The van der Waals surface area contributed by atoms with Crippen molar-refractivity contribution in [2.24, 2.45) is 0 Å². The summed E-state index contributed by atoms with van der Waals surface area (Å²) < 4.78 is 3.72. The molecule has 0 aliphatic heterocycles. The van der Waals surface area contributed by atoms with Crippen molar-refractivity contribution in [2.75, 3.05) is 17.6 Å². The number of anilines is 2. The summed E-state index contributed by atoms with van der Waals surface area (Å²) in [5.41, 5.74) is 7.86. The summed E-state index contributed by atoms with van der Waals surface area (Å²) in [6.45, 7) is 6.44. The zero-order chi connectivity index (χ0) is 23.7. The fraction of sp³-hybridized carbons (Fsp3) is 0.292. The minimum atomic E-state index is 0.550. The number of nitrogens with two attached hydrogens (primary N) is 1. The van der Waals surface area contributed by atoms with Crippen LogP contribution >= 0.6 is 0 Å². The van der Waals surface area contributed by atoms with Crippen LogP contribution in [0.15, 0.2) is 73.6 Å². The van der Waals surface area contributed by atoms with Gasteiger partial charge in [0.2, 0.25) is 0 Å². The van der Waals surface area contributed by atoms with Crippen molar-refractivity contribution in [3.05, 3.63) is 84.7 Å². The highest BCUT2D eigenvalue weighted by atomic mass is 16.1. The van der Waals surface area contributed by atoms with Gasteiger partial charge >= 0.3 is 0 Å². The maximum atomic E-state index is 9.17. The molecule has 0 unspecified atom stereocenters. The minimum absolute atomic E-state index is 0.550. The molecule has 0 radical (unpaired) electrons. The molecule has 0 aromatic carbocycles. The Labute approximate surface area is 194 Å². The van der Waals surface area contributed by atoms with Crippen molar-refractivity contribution in [3.8, 4) is 0 Å². The van der Waals surface area contributed by atoms with Crippen LogP contribution in [0.25, 0.3) is 0 Å². The van der Waals surface area contributed by atoms with Crippen molar-refractivity contribution in [3.63, 3.8) is 0 Å². The van der Waals surface area contributed by atoms with E-state index < -0.39 is 0 Å². The Morgan fingerprint density at radius 1 is 0.848 bits per heavy atom. The number of carbonyl (C=O) groups is 1. The third-order valence-corrected chi connectivity index (χ3v) is 4.21. The molecule has 4 rings (SSSR count). The average molecular weight is 449 g/mol. The van der Waals surface area contributed by atoms with Crippen LogP contribution < -0.4 is 11.1 Å². The molecule has 33 heavy (non-hydrogen) atoms. The molecule has 0 spiro atoms. The highest BCUT2D eigenvalue weighted by molar-refractivity contribution is 5.48. The van der Waals surface area contributed by atoms with Crippen molar-refractivity contribution in [2.45, 2.75) is 39.8 Å². The number of aldehydes is 1. The summed E-state index contributed by atoms with van der Waals surface area (Å²) in [4.78, 5) is 17.1. The van der Waals surface area contributed by atoms with Gasteiger partial charge in [-0.3, -0.25) is 19.3 Å². The normalized spacial score (nSPS) is 9.76. The van der Waals surface area contributed by atoms with Crippen molar-refractivity contribution < 1.29 is 4.79 Å². The average Bonchev–Trinajstić information content (AvgIpc) is 3.48. The Kier molecular flexibility index (Phi) is 11.4. The van der Waals surface area contributed by atoms with E-state index in [1.807, 2.05) is 54.3 Å². The van der Waals surface area contributed by atoms with Crippen LogP contribution in [0.5, 0.6) is 0 Å². The second-order valence-electron chi connectivity index (χ2n) is 7.05. The third-order valence-electron chi connectivity index (χ3n) is 4.21. The quantitative estimate of drug-likeness (QED) is 0.395. The third kappa shape index (κ3) is 10.2. The second-order valence-corrected chi connectivity index (χ2v) is 7.05.